The molecule has 6 N–H and O–H groups in total. The molecule has 0 aliphatic carbocycles. The van der Waals surface area contributed by atoms with Gasteiger partial charge in [-0.3, -0.25) is 10.5 Å². The highest BCUT2D eigenvalue weighted by atomic mass is 35.5. The van der Waals surface area contributed by atoms with Crippen LogP contribution in [0.3, 0.4) is 0 Å². The van der Waals surface area contributed by atoms with Crippen molar-refractivity contribution in [1.29, 1.82) is 5.41 Å². The van der Waals surface area contributed by atoms with Crippen molar-refractivity contribution in [1.82, 2.24) is 10.2 Å². The van der Waals surface area contributed by atoms with Gasteiger partial charge < -0.3 is 11.5 Å². The summed E-state index contributed by atoms with van der Waals surface area (Å²) >= 11 is 0. The average molecular weight is 189 g/mol. The zero-order valence-electron chi connectivity index (χ0n) is 6.11. The SMILES string of the molecule is Cl.N=C(N)N=C(N)c1ccn[nH]1. The number of H-pyrrole nitrogens is 1. The van der Waals surface area contributed by atoms with Gasteiger partial charge in [0.1, 0.15) is 0 Å². The first kappa shape index (κ1) is 10.4. The molecule has 12 heavy (non-hydrogen) atoms. The molecular formula is C5H9ClN6. The molecule has 1 rings (SSSR count). The summed E-state index contributed by atoms with van der Waals surface area (Å²) in [5.74, 6) is -0.160. The van der Waals surface area contributed by atoms with E-state index >= 15 is 0 Å². The van der Waals surface area contributed by atoms with Gasteiger partial charge in [-0.05, 0) is 6.07 Å². The lowest BCUT2D eigenvalue weighted by atomic mass is 10.4. The minimum atomic E-state index is -0.322. The predicted molar refractivity (Wildman–Crippen MR) is 48.5 cm³/mol. The lowest BCUT2D eigenvalue weighted by Crippen LogP contribution is -2.19. The molecule has 0 aliphatic heterocycles. The van der Waals surface area contributed by atoms with Crippen LogP contribution >= 0.6 is 12.4 Å². The molecule has 0 radical (unpaired) electrons. The third-order valence-corrected chi connectivity index (χ3v) is 1.02. The summed E-state index contributed by atoms with van der Waals surface area (Å²) in [4.78, 5) is 3.50. The van der Waals surface area contributed by atoms with Crippen molar-refractivity contribution in [2.24, 2.45) is 16.5 Å². The molecule has 66 valence electrons. The van der Waals surface area contributed by atoms with E-state index in [0.717, 1.165) is 0 Å². The van der Waals surface area contributed by atoms with E-state index in [1.165, 1.54) is 6.20 Å². The summed E-state index contributed by atoms with van der Waals surface area (Å²) in [5.41, 5.74) is 10.9. The van der Waals surface area contributed by atoms with Gasteiger partial charge in [0.2, 0.25) is 5.96 Å². The molecule has 0 aliphatic rings. The van der Waals surface area contributed by atoms with Gasteiger partial charge in [-0.25, -0.2) is 0 Å². The standard InChI is InChI=1S/C5H8N6.ClH/c6-4(10-5(7)8)3-1-2-9-11-3;/h1-2H,(H,9,11)(H5,6,7,8,10);1H. The van der Waals surface area contributed by atoms with E-state index < -0.39 is 0 Å². The first-order chi connectivity index (χ1) is 5.20. The molecule has 0 saturated heterocycles. The molecule has 1 heterocycles. The van der Waals surface area contributed by atoms with Crippen LogP contribution in [-0.2, 0) is 0 Å². The summed E-state index contributed by atoms with van der Waals surface area (Å²) < 4.78 is 0. The number of nitrogens with zero attached hydrogens (tertiary/aromatic N) is 2. The largest absolute Gasteiger partial charge is 0.382 e. The molecule has 0 spiro atoms. The zero-order valence-corrected chi connectivity index (χ0v) is 6.93. The number of amidine groups is 1. The van der Waals surface area contributed by atoms with Crippen LogP contribution in [0.25, 0.3) is 0 Å². The number of rotatable bonds is 1. The molecular weight excluding hydrogens is 180 g/mol. The summed E-state index contributed by atoms with van der Waals surface area (Å²) in [6.45, 7) is 0. The van der Waals surface area contributed by atoms with Crippen LogP contribution in [-0.4, -0.2) is 22.0 Å². The molecule has 0 atom stereocenters. The Kier molecular flexibility index (Phi) is 3.78. The molecule has 0 saturated carbocycles. The zero-order chi connectivity index (χ0) is 8.27. The fourth-order valence-electron chi connectivity index (χ4n) is 0.589. The second kappa shape index (κ2) is 4.35. The monoisotopic (exact) mass is 188 g/mol. The molecule has 7 heteroatoms. The number of hydrogen-bond donors (Lipinski definition) is 4. The summed E-state index contributed by atoms with van der Waals surface area (Å²) in [7, 11) is 0. The molecule has 0 fully saturated rings. The number of aromatic nitrogens is 2. The van der Waals surface area contributed by atoms with Gasteiger partial charge >= 0.3 is 0 Å². The second-order valence-electron chi connectivity index (χ2n) is 1.85. The van der Waals surface area contributed by atoms with Crippen LogP contribution in [0, 0.1) is 5.41 Å². The van der Waals surface area contributed by atoms with Crippen molar-refractivity contribution in [2.75, 3.05) is 0 Å². The number of halogens is 1. The summed E-state index contributed by atoms with van der Waals surface area (Å²) in [5, 5.41) is 13.0. The lowest BCUT2D eigenvalue weighted by molar-refractivity contribution is 1.08. The minimum absolute atomic E-state index is 0. The first-order valence-corrected chi connectivity index (χ1v) is 2.88. The Morgan fingerprint density at radius 2 is 2.25 bits per heavy atom. The minimum Gasteiger partial charge on any atom is -0.382 e. The summed E-state index contributed by atoms with van der Waals surface area (Å²) in [6.07, 6.45) is 1.54. The number of nitrogens with two attached hydrogens (primary N) is 2. The average Bonchev–Trinajstić information content (AvgIpc) is 2.35. The van der Waals surface area contributed by atoms with E-state index in [1.807, 2.05) is 0 Å². The number of aliphatic imine (C=N–C) groups is 1. The van der Waals surface area contributed by atoms with Crippen molar-refractivity contribution in [3.8, 4) is 0 Å². The highest BCUT2D eigenvalue weighted by Gasteiger charge is 1.97. The Morgan fingerprint density at radius 1 is 1.58 bits per heavy atom. The van der Waals surface area contributed by atoms with Crippen LogP contribution in [0.1, 0.15) is 5.69 Å². The topological polar surface area (TPSA) is 117 Å². The number of nitrogens with one attached hydrogen (secondary N) is 2. The maximum atomic E-state index is 6.80. The van der Waals surface area contributed by atoms with Gasteiger partial charge in [0.05, 0.1) is 5.69 Å². The maximum Gasteiger partial charge on any atom is 0.214 e. The Morgan fingerprint density at radius 3 is 2.67 bits per heavy atom. The first-order valence-electron chi connectivity index (χ1n) is 2.88. The molecule has 1 aromatic heterocycles. The predicted octanol–water partition coefficient (Wildman–Crippen LogP) is -0.570. The van der Waals surface area contributed by atoms with Gasteiger partial charge in [0, 0.05) is 6.20 Å². The molecule has 0 unspecified atom stereocenters. The molecule has 6 nitrogen and oxygen atoms in total. The molecule has 0 amide bonds. The quantitative estimate of drug-likeness (QED) is 0.349. The van der Waals surface area contributed by atoms with Crippen LogP contribution in [0.15, 0.2) is 17.3 Å². The van der Waals surface area contributed by atoms with Crippen LogP contribution in [0.4, 0.5) is 0 Å². The Hall–Kier alpha value is -1.56. The van der Waals surface area contributed by atoms with Gasteiger partial charge in [0.25, 0.3) is 0 Å². The van der Waals surface area contributed by atoms with Crippen molar-refractivity contribution in [2.45, 2.75) is 0 Å². The number of aromatic amines is 1. The van der Waals surface area contributed by atoms with E-state index in [9.17, 15) is 0 Å². The highest BCUT2D eigenvalue weighted by molar-refractivity contribution is 6.02. The second-order valence-corrected chi connectivity index (χ2v) is 1.85. The van der Waals surface area contributed by atoms with E-state index in [-0.39, 0.29) is 24.2 Å². The fraction of sp³-hybridized carbons (Fsp3) is 0. The third kappa shape index (κ3) is 2.59. The maximum absolute atomic E-state index is 6.80. The lowest BCUT2D eigenvalue weighted by Gasteiger charge is -1.93. The van der Waals surface area contributed by atoms with Gasteiger partial charge in [-0.2, -0.15) is 10.1 Å². The van der Waals surface area contributed by atoms with E-state index in [0.29, 0.717) is 5.69 Å². The van der Waals surface area contributed by atoms with Crippen LogP contribution in [0.5, 0.6) is 0 Å². The number of hydrogen-bond acceptors (Lipinski definition) is 2. The van der Waals surface area contributed by atoms with Crippen molar-refractivity contribution >= 4 is 24.2 Å². The Bertz CT molecular complexity index is 276. The van der Waals surface area contributed by atoms with Crippen molar-refractivity contribution in [3.63, 3.8) is 0 Å². The Labute approximate surface area is 75.0 Å². The van der Waals surface area contributed by atoms with Crippen molar-refractivity contribution < 1.29 is 0 Å². The van der Waals surface area contributed by atoms with E-state index in [1.54, 1.807) is 6.07 Å². The Balaban J connectivity index is 0.00000121. The van der Waals surface area contributed by atoms with E-state index in [2.05, 4.69) is 15.2 Å². The smallest absolute Gasteiger partial charge is 0.214 e. The summed E-state index contributed by atoms with van der Waals surface area (Å²) in [6, 6.07) is 1.64. The number of guanidine groups is 1. The fourth-order valence-corrected chi connectivity index (χ4v) is 0.589. The normalized spacial score (nSPS) is 10.5. The third-order valence-electron chi connectivity index (χ3n) is 1.02. The molecule has 1 aromatic rings. The molecule has 0 aromatic carbocycles. The van der Waals surface area contributed by atoms with Gasteiger partial charge in [-0.15, -0.1) is 12.4 Å². The van der Waals surface area contributed by atoms with Crippen molar-refractivity contribution in [3.05, 3.63) is 18.0 Å². The molecule has 0 bridgehead atoms. The highest BCUT2D eigenvalue weighted by Crippen LogP contribution is 1.89. The van der Waals surface area contributed by atoms with Crippen LogP contribution in [0.2, 0.25) is 0 Å². The van der Waals surface area contributed by atoms with Gasteiger partial charge in [0.15, 0.2) is 5.84 Å². The van der Waals surface area contributed by atoms with Crippen LogP contribution < -0.4 is 11.5 Å². The van der Waals surface area contributed by atoms with Gasteiger partial charge in [-0.1, -0.05) is 0 Å². The van der Waals surface area contributed by atoms with E-state index in [4.69, 9.17) is 16.9 Å².